The number of nitrogens with zero attached hydrogens (tertiary/aromatic N) is 4. The van der Waals surface area contributed by atoms with Crippen LogP contribution in [-0.2, 0) is 0 Å². The molecule has 1 saturated carbocycles. The smallest absolute Gasteiger partial charge is 0.293 e. The highest BCUT2D eigenvalue weighted by atomic mass is 32.2. The number of hydrogen-bond acceptors (Lipinski definition) is 5. The minimum atomic E-state index is -0.309. The highest BCUT2D eigenvalue weighted by molar-refractivity contribution is 8.00. The maximum Gasteiger partial charge on any atom is 0.293 e. The van der Waals surface area contributed by atoms with Gasteiger partial charge in [0.1, 0.15) is 5.82 Å². The van der Waals surface area contributed by atoms with Gasteiger partial charge in [0.2, 0.25) is 5.82 Å². The van der Waals surface area contributed by atoms with Crippen molar-refractivity contribution in [2.24, 2.45) is 0 Å². The summed E-state index contributed by atoms with van der Waals surface area (Å²) in [4.78, 5) is 20.8. The number of carbonyl (C=O) groups is 1. The van der Waals surface area contributed by atoms with E-state index in [1.807, 2.05) is 34.2 Å². The van der Waals surface area contributed by atoms with E-state index in [1.54, 1.807) is 16.8 Å². The lowest BCUT2D eigenvalue weighted by Gasteiger charge is -2.36. The fraction of sp³-hybridized carbons (Fsp3) is 0.350. The van der Waals surface area contributed by atoms with Crippen LogP contribution < -0.4 is 0 Å². The number of rotatable bonds is 3. The standard InChI is InChI=1S/C20H19FN4OS2/c21-13-6-8-14(9-7-13)25-19(17-5-2-11-27-17)22-18(23-25)20(26)24-10-12-28-16-4-1-3-15(16)24/h2,5-9,11,15-16H,1,3-4,10,12H2. The van der Waals surface area contributed by atoms with Crippen LogP contribution >= 0.6 is 23.1 Å². The number of amides is 1. The van der Waals surface area contributed by atoms with Crippen LogP contribution in [0.2, 0.25) is 0 Å². The van der Waals surface area contributed by atoms with Crippen LogP contribution in [0, 0.1) is 5.82 Å². The molecule has 2 atom stereocenters. The number of halogens is 1. The van der Waals surface area contributed by atoms with Crippen LogP contribution in [0.4, 0.5) is 4.39 Å². The fourth-order valence-electron chi connectivity index (χ4n) is 4.04. The number of fused-ring (bicyclic) bond motifs is 1. The first-order valence-electron chi connectivity index (χ1n) is 9.40. The minimum absolute atomic E-state index is 0.101. The Morgan fingerprint density at radius 2 is 2.04 bits per heavy atom. The first-order valence-corrected chi connectivity index (χ1v) is 11.3. The van der Waals surface area contributed by atoms with E-state index in [0.29, 0.717) is 16.8 Å². The predicted octanol–water partition coefficient (Wildman–Crippen LogP) is 4.25. The molecule has 1 amide bonds. The quantitative estimate of drug-likeness (QED) is 0.643. The summed E-state index contributed by atoms with van der Waals surface area (Å²) in [6.45, 7) is 0.740. The second-order valence-corrected chi connectivity index (χ2v) is 9.33. The molecule has 1 aromatic carbocycles. The number of carbonyl (C=O) groups excluding carboxylic acids is 1. The average Bonchev–Trinajstić information content (AvgIpc) is 3.47. The van der Waals surface area contributed by atoms with Gasteiger partial charge in [-0.05, 0) is 48.6 Å². The van der Waals surface area contributed by atoms with Gasteiger partial charge in [-0.1, -0.05) is 12.5 Å². The molecule has 2 aromatic heterocycles. The van der Waals surface area contributed by atoms with Crippen LogP contribution in [0.5, 0.6) is 0 Å². The summed E-state index contributed by atoms with van der Waals surface area (Å²) in [5, 5.41) is 7.05. The lowest BCUT2D eigenvalue weighted by atomic mass is 10.2. The first-order chi connectivity index (χ1) is 13.7. The van der Waals surface area contributed by atoms with Crippen LogP contribution in [0.25, 0.3) is 16.4 Å². The molecule has 0 radical (unpaired) electrons. The van der Waals surface area contributed by atoms with E-state index in [1.165, 1.54) is 36.3 Å². The van der Waals surface area contributed by atoms with Gasteiger partial charge in [0, 0.05) is 23.6 Å². The van der Waals surface area contributed by atoms with Crippen molar-refractivity contribution in [3.63, 3.8) is 0 Å². The Morgan fingerprint density at radius 3 is 2.82 bits per heavy atom. The average molecular weight is 415 g/mol. The summed E-state index contributed by atoms with van der Waals surface area (Å²) in [5.74, 6) is 1.37. The van der Waals surface area contributed by atoms with Gasteiger partial charge in [0.05, 0.1) is 10.6 Å². The maximum absolute atomic E-state index is 13.4. The van der Waals surface area contributed by atoms with E-state index in [0.717, 1.165) is 23.6 Å². The monoisotopic (exact) mass is 414 g/mol. The van der Waals surface area contributed by atoms with Crippen molar-refractivity contribution >= 4 is 29.0 Å². The van der Waals surface area contributed by atoms with E-state index in [2.05, 4.69) is 10.1 Å². The van der Waals surface area contributed by atoms with Crippen molar-refractivity contribution < 1.29 is 9.18 Å². The molecule has 2 unspecified atom stereocenters. The van der Waals surface area contributed by atoms with E-state index in [9.17, 15) is 9.18 Å². The van der Waals surface area contributed by atoms with Crippen LogP contribution in [-0.4, -0.2) is 49.2 Å². The number of thioether (sulfide) groups is 1. The molecule has 2 aliphatic rings. The zero-order valence-electron chi connectivity index (χ0n) is 15.1. The Bertz CT molecular complexity index is 986. The third-order valence-corrected chi connectivity index (χ3v) is 7.62. The zero-order valence-corrected chi connectivity index (χ0v) is 16.8. The van der Waals surface area contributed by atoms with E-state index >= 15 is 0 Å². The highest BCUT2D eigenvalue weighted by Crippen LogP contribution is 2.37. The number of aromatic nitrogens is 3. The molecular weight excluding hydrogens is 395 g/mol. The summed E-state index contributed by atoms with van der Waals surface area (Å²) < 4.78 is 15.0. The SMILES string of the molecule is O=C(c1nc(-c2cccs2)n(-c2ccc(F)cc2)n1)N1CCSC2CCCC21. The van der Waals surface area contributed by atoms with Crippen molar-refractivity contribution in [1.29, 1.82) is 0 Å². The predicted molar refractivity (Wildman–Crippen MR) is 110 cm³/mol. The van der Waals surface area contributed by atoms with Crippen LogP contribution in [0.3, 0.4) is 0 Å². The maximum atomic E-state index is 13.4. The summed E-state index contributed by atoms with van der Waals surface area (Å²) in [6.07, 6.45) is 3.40. The molecule has 5 nitrogen and oxygen atoms in total. The number of hydrogen-bond donors (Lipinski definition) is 0. The molecule has 1 saturated heterocycles. The lowest BCUT2D eigenvalue weighted by Crippen LogP contribution is -2.48. The van der Waals surface area contributed by atoms with Gasteiger partial charge in [-0.25, -0.2) is 14.1 Å². The lowest BCUT2D eigenvalue weighted by molar-refractivity contribution is 0.0679. The molecule has 3 heterocycles. The van der Waals surface area contributed by atoms with Crippen LogP contribution in [0.15, 0.2) is 41.8 Å². The van der Waals surface area contributed by atoms with Gasteiger partial charge < -0.3 is 4.90 Å². The van der Waals surface area contributed by atoms with Gasteiger partial charge in [-0.15, -0.1) is 16.4 Å². The van der Waals surface area contributed by atoms with Crippen molar-refractivity contribution in [1.82, 2.24) is 19.7 Å². The Balaban J connectivity index is 1.54. The van der Waals surface area contributed by atoms with Crippen molar-refractivity contribution in [3.8, 4) is 16.4 Å². The van der Waals surface area contributed by atoms with Crippen molar-refractivity contribution in [2.45, 2.75) is 30.6 Å². The second kappa shape index (κ2) is 7.33. The Morgan fingerprint density at radius 1 is 1.18 bits per heavy atom. The van der Waals surface area contributed by atoms with E-state index in [4.69, 9.17) is 0 Å². The van der Waals surface area contributed by atoms with Crippen molar-refractivity contribution in [3.05, 3.63) is 53.4 Å². The van der Waals surface area contributed by atoms with Gasteiger partial charge in [-0.3, -0.25) is 4.79 Å². The molecular formula is C20H19FN4OS2. The van der Waals surface area contributed by atoms with Gasteiger partial charge >= 0.3 is 0 Å². The molecule has 0 N–H and O–H groups in total. The minimum Gasteiger partial charge on any atom is -0.331 e. The first kappa shape index (κ1) is 17.9. The molecule has 0 bridgehead atoms. The topological polar surface area (TPSA) is 51.0 Å². The summed E-state index contributed by atoms with van der Waals surface area (Å²) in [7, 11) is 0. The molecule has 1 aliphatic heterocycles. The Kier molecular flexibility index (Phi) is 4.68. The van der Waals surface area contributed by atoms with Gasteiger partial charge in [0.15, 0.2) is 5.82 Å². The third-order valence-electron chi connectivity index (χ3n) is 5.35. The molecule has 3 aromatic rings. The second-order valence-electron chi connectivity index (χ2n) is 7.03. The highest BCUT2D eigenvalue weighted by Gasteiger charge is 2.39. The fourth-order valence-corrected chi connectivity index (χ4v) is 6.18. The molecule has 2 fully saturated rings. The van der Waals surface area contributed by atoms with Gasteiger partial charge in [0.25, 0.3) is 5.91 Å². The van der Waals surface area contributed by atoms with E-state index < -0.39 is 0 Å². The summed E-state index contributed by atoms with van der Waals surface area (Å²) >= 11 is 3.52. The number of benzene rings is 1. The van der Waals surface area contributed by atoms with E-state index in [-0.39, 0.29) is 23.6 Å². The molecule has 0 spiro atoms. The molecule has 5 rings (SSSR count). The third kappa shape index (κ3) is 3.14. The van der Waals surface area contributed by atoms with Gasteiger partial charge in [-0.2, -0.15) is 11.8 Å². The van der Waals surface area contributed by atoms with Crippen LogP contribution in [0.1, 0.15) is 29.9 Å². The molecule has 1 aliphatic carbocycles. The number of thiophene rings is 1. The molecule has 28 heavy (non-hydrogen) atoms. The van der Waals surface area contributed by atoms with Crippen molar-refractivity contribution in [2.75, 3.05) is 12.3 Å². The molecule has 8 heteroatoms. The molecule has 144 valence electrons. The Labute approximate surface area is 170 Å². The summed E-state index contributed by atoms with van der Waals surface area (Å²) in [6, 6.07) is 10.3. The zero-order chi connectivity index (χ0) is 19.1. The Hall–Kier alpha value is -2.19. The summed E-state index contributed by atoms with van der Waals surface area (Å²) in [5.41, 5.74) is 0.685. The normalized spacial score (nSPS) is 21.7. The largest absolute Gasteiger partial charge is 0.331 e.